The molecule has 0 rings (SSSR count). The largest absolute Gasteiger partial charge is 0.449 e. The summed E-state index contributed by atoms with van der Waals surface area (Å²) in [6.07, 6.45) is 0.978. The molecule has 0 aromatic heterocycles. The normalized spacial score (nSPS) is 8.00. The average molecular weight is 193 g/mol. The van der Waals surface area contributed by atoms with Gasteiger partial charge in [0, 0.05) is 0 Å². The maximum absolute atomic E-state index is 10.6. The van der Waals surface area contributed by atoms with Gasteiger partial charge in [0.1, 0.15) is 6.07 Å². The van der Waals surface area contributed by atoms with E-state index in [4.69, 9.17) is 5.26 Å². The lowest BCUT2D eigenvalue weighted by molar-refractivity contribution is -0.141. The smallest absolute Gasteiger partial charge is 0.320 e. The van der Waals surface area contributed by atoms with Crippen LogP contribution in [0.25, 0.3) is 0 Å². The van der Waals surface area contributed by atoms with Crippen molar-refractivity contribution in [2.24, 2.45) is 0 Å². The van der Waals surface area contributed by atoms with E-state index in [2.05, 4.69) is 10.1 Å². The van der Waals surface area contributed by atoms with Crippen molar-refractivity contribution in [3.05, 3.63) is 0 Å². The highest BCUT2D eigenvalue weighted by atomic mass is 35.5. The zero-order chi connectivity index (χ0) is 8.53. The highest BCUT2D eigenvalue weighted by Gasteiger charge is 1.98. The maximum Gasteiger partial charge on any atom is 0.320 e. The van der Waals surface area contributed by atoms with Gasteiger partial charge in [-0.25, -0.2) is 0 Å². The molecule has 0 heterocycles. The predicted octanol–water partition coefficient (Wildman–Crippen LogP) is 0.475. The molecule has 0 aliphatic carbocycles. The van der Waals surface area contributed by atoms with E-state index in [0.717, 1.165) is 13.0 Å². The van der Waals surface area contributed by atoms with Crippen LogP contribution in [0.2, 0.25) is 0 Å². The second-order valence-electron chi connectivity index (χ2n) is 2.00. The highest BCUT2D eigenvalue weighted by Crippen LogP contribution is 1.75. The Balaban J connectivity index is 0. The molecule has 0 radical (unpaired) electrons. The van der Waals surface area contributed by atoms with Gasteiger partial charge in [-0.2, -0.15) is 5.26 Å². The Bertz CT molecular complexity index is 156. The molecule has 0 bridgehead atoms. The molecule has 4 nitrogen and oxygen atoms in total. The lowest BCUT2D eigenvalue weighted by atomic mass is 10.5. The van der Waals surface area contributed by atoms with Gasteiger partial charge in [0.25, 0.3) is 0 Å². The van der Waals surface area contributed by atoms with Crippen LogP contribution in [-0.4, -0.2) is 25.7 Å². The van der Waals surface area contributed by atoms with Crippen molar-refractivity contribution in [1.82, 2.24) is 5.32 Å². The van der Waals surface area contributed by atoms with Crippen molar-refractivity contribution < 1.29 is 9.53 Å². The first kappa shape index (κ1) is 13.8. The molecule has 0 aromatic rings. The number of esters is 1. The minimum absolute atomic E-state index is 0. The minimum atomic E-state index is -0.375. The van der Waals surface area contributed by atoms with Gasteiger partial charge in [0.15, 0.2) is 6.61 Å². The third-order valence-electron chi connectivity index (χ3n) is 0.994. The first-order valence-corrected chi connectivity index (χ1v) is 3.54. The Kier molecular flexibility index (Phi) is 11.7. The van der Waals surface area contributed by atoms with Crippen LogP contribution in [0.1, 0.15) is 13.3 Å². The van der Waals surface area contributed by atoms with Crippen molar-refractivity contribution in [2.45, 2.75) is 13.3 Å². The van der Waals surface area contributed by atoms with Crippen LogP contribution in [0, 0.1) is 11.3 Å². The first-order chi connectivity index (χ1) is 5.31. The summed E-state index contributed by atoms with van der Waals surface area (Å²) in [5, 5.41) is 10.9. The van der Waals surface area contributed by atoms with E-state index >= 15 is 0 Å². The second-order valence-corrected chi connectivity index (χ2v) is 2.00. The van der Waals surface area contributed by atoms with Crippen LogP contribution in [0.15, 0.2) is 0 Å². The Hall–Kier alpha value is -0.790. The van der Waals surface area contributed by atoms with E-state index in [-0.39, 0.29) is 31.5 Å². The Labute approximate surface area is 78.3 Å². The summed E-state index contributed by atoms with van der Waals surface area (Å²) < 4.78 is 4.48. The van der Waals surface area contributed by atoms with E-state index in [1.165, 1.54) is 0 Å². The fourth-order valence-corrected chi connectivity index (χ4v) is 0.531. The molecule has 0 amide bonds. The topological polar surface area (TPSA) is 62.1 Å². The number of nitrogens with one attached hydrogen (secondary N) is 1. The highest BCUT2D eigenvalue weighted by molar-refractivity contribution is 5.85. The van der Waals surface area contributed by atoms with Gasteiger partial charge in [-0.15, -0.1) is 12.4 Å². The van der Waals surface area contributed by atoms with Crippen molar-refractivity contribution in [2.75, 3.05) is 19.7 Å². The van der Waals surface area contributed by atoms with Crippen LogP contribution < -0.4 is 5.32 Å². The summed E-state index contributed by atoms with van der Waals surface area (Å²) in [5.74, 6) is -0.375. The maximum atomic E-state index is 10.6. The zero-order valence-electron chi connectivity index (χ0n) is 7.00. The van der Waals surface area contributed by atoms with E-state index in [1.54, 1.807) is 6.07 Å². The number of carbonyl (C=O) groups excluding carboxylic acids is 1. The predicted molar refractivity (Wildman–Crippen MR) is 47.0 cm³/mol. The number of ether oxygens (including phenoxy) is 1. The third kappa shape index (κ3) is 9.21. The van der Waals surface area contributed by atoms with Gasteiger partial charge in [0.05, 0.1) is 6.54 Å². The average Bonchev–Trinajstić information content (AvgIpc) is 2.01. The number of rotatable bonds is 5. The van der Waals surface area contributed by atoms with Gasteiger partial charge >= 0.3 is 5.97 Å². The molecule has 0 aliphatic rings. The van der Waals surface area contributed by atoms with Crippen LogP contribution >= 0.6 is 12.4 Å². The molecule has 0 atom stereocenters. The number of carbonyl (C=O) groups is 1. The Morgan fingerprint density at radius 3 is 2.83 bits per heavy atom. The van der Waals surface area contributed by atoms with Gasteiger partial charge in [-0.1, -0.05) is 6.92 Å². The molecule has 0 aliphatic heterocycles. The molecule has 0 aromatic carbocycles. The van der Waals surface area contributed by atoms with Gasteiger partial charge in [0.2, 0.25) is 0 Å². The lowest BCUT2D eigenvalue weighted by Gasteiger charge is -2.00. The van der Waals surface area contributed by atoms with E-state index in [1.807, 2.05) is 6.92 Å². The number of nitrogens with zero attached hydrogens (tertiary/aromatic N) is 1. The Morgan fingerprint density at radius 1 is 1.67 bits per heavy atom. The van der Waals surface area contributed by atoms with E-state index < -0.39 is 0 Å². The van der Waals surface area contributed by atoms with E-state index in [9.17, 15) is 4.79 Å². The summed E-state index contributed by atoms with van der Waals surface area (Å²) >= 11 is 0. The van der Waals surface area contributed by atoms with Crippen molar-refractivity contribution >= 4 is 18.4 Å². The Morgan fingerprint density at radius 2 is 2.33 bits per heavy atom. The van der Waals surface area contributed by atoms with Crippen LogP contribution in [0.5, 0.6) is 0 Å². The molecule has 0 fully saturated rings. The van der Waals surface area contributed by atoms with Crippen molar-refractivity contribution in [1.29, 1.82) is 5.26 Å². The zero-order valence-corrected chi connectivity index (χ0v) is 7.82. The summed E-state index contributed by atoms with van der Waals surface area (Å²) in [5.41, 5.74) is 0. The summed E-state index contributed by atoms with van der Waals surface area (Å²) in [6, 6.07) is 1.72. The van der Waals surface area contributed by atoms with Crippen LogP contribution in [0.3, 0.4) is 0 Å². The number of nitriles is 1. The quantitative estimate of drug-likeness (QED) is 0.508. The second kappa shape index (κ2) is 10.2. The molecule has 5 heteroatoms. The molecule has 0 unspecified atom stereocenters. The molecule has 12 heavy (non-hydrogen) atoms. The number of hydrogen-bond donors (Lipinski definition) is 1. The molecular weight excluding hydrogens is 180 g/mol. The minimum Gasteiger partial charge on any atom is -0.449 e. The molecule has 70 valence electrons. The number of hydrogen-bond acceptors (Lipinski definition) is 4. The summed E-state index contributed by atoms with van der Waals surface area (Å²) in [7, 11) is 0. The van der Waals surface area contributed by atoms with Gasteiger partial charge in [-0.3, -0.25) is 4.79 Å². The molecule has 0 saturated heterocycles. The third-order valence-corrected chi connectivity index (χ3v) is 0.994. The molecule has 1 N–H and O–H groups in total. The molecule has 0 spiro atoms. The van der Waals surface area contributed by atoms with E-state index in [0.29, 0.717) is 0 Å². The van der Waals surface area contributed by atoms with Gasteiger partial charge < -0.3 is 10.1 Å². The van der Waals surface area contributed by atoms with Crippen LogP contribution in [0.4, 0.5) is 0 Å². The summed E-state index contributed by atoms with van der Waals surface area (Å²) in [6.45, 7) is 2.83. The standard InChI is InChI=1S/C7H12N2O2.ClH/c1-2-4-9-6-7(10)11-5-3-8;/h9H,2,4-6H2,1H3;1H. The number of halogens is 1. The van der Waals surface area contributed by atoms with Gasteiger partial charge in [-0.05, 0) is 13.0 Å². The fraction of sp³-hybridized carbons (Fsp3) is 0.714. The lowest BCUT2D eigenvalue weighted by Crippen LogP contribution is -2.25. The summed E-state index contributed by atoms with van der Waals surface area (Å²) in [4.78, 5) is 10.6. The van der Waals surface area contributed by atoms with Crippen molar-refractivity contribution in [3.63, 3.8) is 0 Å². The fourth-order valence-electron chi connectivity index (χ4n) is 0.531. The SMILES string of the molecule is CCCNCC(=O)OCC#N.Cl. The van der Waals surface area contributed by atoms with Crippen LogP contribution in [-0.2, 0) is 9.53 Å². The molecule has 0 saturated carbocycles. The van der Waals surface area contributed by atoms with Crippen molar-refractivity contribution in [3.8, 4) is 6.07 Å². The molecular formula is C7H13ClN2O2. The first-order valence-electron chi connectivity index (χ1n) is 3.54. The monoisotopic (exact) mass is 192 g/mol.